The fourth-order valence-corrected chi connectivity index (χ4v) is 4.66. The molecule has 40 heavy (non-hydrogen) atoms. The van der Waals surface area contributed by atoms with Crippen LogP contribution in [0.3, 0.4) is 0 Å². The quantitative estimate of drug-likeness (QED) is 0.191. The summed E-state index contributed by atoms with van der Waals surface area (Å²) in [6, 6.07) is 5.82. The molecule has 10 nitrogen and oxygen atoms in total. The van der Waals surface area contributed by atoms with Crippen molar-refractivity contribution < 1.29 is 17.6 Å². The molecule has 14 heteroatoms. The minimum absolute atomic E-state index is 0.260. The molecule has 4 heterocycles. The van der Waals surface area contributed by atoms with E-state index in [1.165, 1.54) is 0 Å². The molecule has 1 saturated heterocycles. The molecule has 1 aromatic carbocycles. The van der Waals surface area contributed by atoms with Crippen molar-refractivity contribution in [1.82, 2.24) is 29.6 Å². The van der Waals surface area contributed by atoms with Gasteiger partial charge in [-0.25, -0.2) is 19.4 Å². The van der Waals surface area contributed by atoms with Gasteiger partial charge in [-0.3, -0.25) is 10.1 Å². The third kappa shape index (κ3) is 5.04. The number of halogens is 4. The van der Waals surface area contributed by atoms with Gasteiger partial charge in [0, 0.05) is 74.7 Å². The average Bonchev–Trinajstić information content (AvgIpc) is 3.61. The number of amidine groups is 1. The molecule has 208 valence electrons. The highest BCUT2D eigenvalue weighted by Crippen LogP contribution is 2.41. The maximum atomic E-state index is 14.1. The van der Waals surface area contributed by atoms with Gasteiger partial charge in [-0.2, -0.15) is 18.3 Å². The number of nitrogens with two attached hydrogens (primary N) is 1. The van der Waals surface area contributed by atoms with Crippen molar-refractivity contribution in [3.05, 3.63) is 84.0 Å². The highest BCUT2D eigenvalue weighted by Gasteiger charge is 2.55. The summed E-state index contributed by atoms with van der Waals surface area (Å²) in [6.07, 6.45) is 3.73. The second-order valence-corrected chi connectivity index (χ2v) is 9.35. The van der Waals surface area contributed by atoms with E-state index in [9.17, 15) is 17.6 Å². The van der Waals surface area contributed by atoms with Gasteiger partial charge >= 0.3 is 6.18 Å². The van der Waals surface area contributed by atoms with E-state index >= 15 is 0 Å². The molecule has 5 rings (SSSR count). The van der Waals surface area contributed by atoms with E-state index in [1.54, 1.807) is 10.9 Å². The fraction of sp³-hybridized carbons (Fsp3) is 0.269. The van der Waals surface area contributed by atoms with Gasteiger partial charge < -0.3 is 20.5 Å². The van der Waals surface area contributed by atoms with Gasteiger partial charge in [0.1, 0.15) is 12.2 Å². The van der Waals surface area contributed by atoms with Gasteiger partial charge in [0.05, 0.1) is 11.9 Å². The molecular formula is C26H26F4N10. The molecule has 0 bridgehead atoms. The Labute approximate surface area is 226 Å². The number of rotatable bonds is 6. The van der Waals surface area contributed by atoms with E-state index in [0.29, 0.717) is 32.0 Å². The molecule has 0 aliphatic carbocycles. The third-order valence-corrected chi connectivity index (χ3v) is 6.85. The van der Waals surface area contributed by atoms with Gasteiger partial charge in [0.25, 0.3) is 0 Å². The maximum Gasteiger partial charge on any atom is 0.414 e. The van der Waals surface area contributed by atoms with E-state index in [2.05, 4.69) is 25.0 Å². The Morgan fingerprint density at radius 1 is 1.02 bits per heavy atom. The minimum atomic E-state index is -4.87. The Hall–Kier alpha value is -4.59. The van der Waals surface area contributed by atoms with Crippen molar-refractivity contribution in [2.45, 2.75) is 11.7 Å². The first-order valence-electron chi connectivity index (χ1n) is 12.3. The van der Waals surface area contributed by atoms with E-state index in [1.807, 2.05) is 35.3 Å². The summed E-state index contributed by atoms with van der Waals surface area (Å²) in [5.74, 6) is 0.188. The van der Waals surface area contributed by atoms with Crippen LogP contribution < -0.4 is 10.6 Å². The Kier molecular flexibility index (Phi) is 7.10. The lowest BCUT2D eigenvalue weighted by atomic mass is 9.84. The Morgan fingerprint density at radius 2 is 1.70 bits per heavy atom. The van der Waals surface area contributed by atoms with Crippen LogP contribution in [-0.4, -0.2) is 74.2 Å². The van der Waals surface area contributed by atoms with E-state index < -0.39 is 17.5 Å². The molecule has 3 aromatic heterocycles. The van der Waals surface area contributed by atoms with E-state index in [4.69, 9.17) is 11.1 Å². The number of aryl methyl sites for hydroxylation is 1. The first-order chi connectivity index (χ1) is 19.1. The first kappa shape index (κ1) is 27.0. The summed E-state index contributed by atoms with van der Waals surface area (Å²) in [5, 5.41) is 11.7. The van der Waals surface area contributed by atoms with Gasteiger partial charge in [-0.05, 0) is 23.8 Å². The number of anilines is 1. The summed E-state index contributed by atoms with van der Waals surface area (Å²) < 4.78 is 57.4. The van der Waals surface area contributed by atoms with Crippen LogP contribution in [0.5, 0.6) is 0 Å². The lowest BCUT2D eigenvalue weighted by Crippen LogP contribution is -2.52. The van der Waals surface area contributed by atoms with Crippen LogP contribution in [-0.2, 0) is 12.6 Å². The number of hydrogen-bond donors (Lipinski definition) is 3. The van der Waals surface area contributed by atoms with Gasteiger partial charge in [0.2, 0.25) is 5.95 Å². The molecule has 0 saturated carbocycles. The number of benzene rings is 1. The molecule has 4 N–H and O–H groups in total. The van der Waals surface area contributed by atoms with Gasteiger partial charge in [-0.1, -0.05) is 12.1 Å². The van der Waals surface area contributed by atoms with Crippen LogP contribution in [0, 0.1) is 11.2 Å². The summed E-state index contributed by atoms with van der Waals surface area (Å²) in [6.45, 7) is 1.96. The van der Waals surface area contributed by atoms with Crippen LogP contribution >= 0.6 is 0 Å². The van der Waals surface area contributed by atoms with Crippen LogP contribution in [0.1, 0.15) is 16.8 Å². The number of H-pyrrole nitrogens is 1. The number of aliphatic imine (C=N–C) groups is 1. The van der Waals surface area contributed by atoms with Crippen molar-refractivity contribution in [3.63, 3.8) is 0 Å². The van der Waals surface area contributed by atoms with Crippen molar-refractivity contribution in [2.75, 3.05) is 31.1 Å². The number of aromatic amines is 1. The number of hydrogen-bond acceptors (Lipinski definition) is 6. The van der Waals surface area contributed by atoms with Crippen LogP contribution in [0.25, 0.3) is 11.1 Å². The molecule has 0 radical (unpaired) electrons. The van der Waals surface area contributed by atoms with Crippen molar-refractivity contribution in [2.24, 2.45) is 17.8 Å². The van der Waals surface area contributed by atoms with Crippen molar-refractivity contribution >= 4 is 18.1 Å². The molecule has 1 fully saturated rings. The summed E-state index contributed by atoms with van der Waals surface area (Å²) in [4.78, 5) is 19.7. The number of nitrogens with zero attached hydrogens (tertiary/aromatic N) is 7. The summed E-state index contributed by atoms with van der Waals surface area (Å²) in [5.41, 5.74) is 4.92. The molecule has 1 atom stereocenters. The lowest BCUT2D eigenvalue weighted by Gasteiger charge is -2.36. The molecule has 0 unspecified atom stereocenters. The topological polar surface area (TPSA) is 128 Å². The summed E-state index contributed by atoms with van der Waals surface area (Å²) >= 11 is 0. The maximum absolute atomic E-state index is 14.1. The molecule has 1 aliphatic heterocycles. The smallest absolute Gasteiger partial charge is 0.358 e. The SMILES string of the molecule is Cn1cc(-c2c[nH]c(/C(=N\C=N)N3CCN(c4ncc([C@@](N)(c5ccc(F)cc5)C(F)(F)F)cn4)CC3)c2)cn1. The van der Waals surface area contributed by atoms with Crippen molar-refractivity contribution in [1.29, 1.82) is 5.41 Å². The van der Waals surface area contributed by atoms with E-state index in [-0.39, 0.29) is 17.1 Å². The zero-order valence-electron chi connectivity index (χ0n) is 21.4. The monoisotopic (exact) mass is 554 g/mol. The molecular weight excluding hydrogens is 528 g/mol. The van der Waals surface area contributed by atoms with Crippen molar-refractivity contribution in [3.8, 4) is 11.1 Å². The van der Waals surface area contributed by atoms with Gasteiger partial charge in [-0.15, -0.1) is 0 Å². The van der Waals surface area contributed by atoms with Crippen LogP contribution in [0.15, 0.2) is 66.3 Å². The lowest BCUT2D eigenvalue weighted by molar-refractivity contribution is -0.177. The third-order valence-electron chi connectivity index (χ3n) is 6.85. The number of piperazine rings is 1. The predicted molar refractivity (Wildman–Crippen MR) is 142 cm³/mol. The Balaban J connectivity index is 1.30. The normalized spacial score (nSPS) is 16.2. The van der Waals surface area contributed by atoms with Crippen LogP contribution in [0.4, 0.5) is 23.5 Å². The number of nitrogens with one attached hydrogen (secondary N) is 2. The zero-order chi connectivity index (χ0) is 28.5. The highest BCUT2D eigenvalue weighted by molar-refractivity contribution is 6.01. The standard InChI is InChI=1S/C26H26F4N10/c1-38-15-18(12-37-38)17-10-22(33-11-17)23(36-16-31)39-6-8-40(9-7-39)24-34-13-20(14-35-24)25(32,26(28,29)30)19-2-4-21(27)5-3-19/h2-5,10-16,31,33H,6-9,32H2,1H3/b31-16?,36-23+/t25-/m0/s1. The van der Waals surface area contributed by atoms with E-state index in [0.717, 1.165) is 59.8 Å². The average molecular weight is 555 g/mol. The Morgan fingerprint density at radius 3 is 2.27 bits per heavy atom. The first-order valence-corrected chi connectivity index (χ1v) is 12.3. The molecule has 0 spiro atoms. The molecule has 0 amide bonds. The van der Waals surface area contributed by atoms with Gasteiger partial charge in [0.15, 0.2) is 11.4 Å². The summed E-state index contributed by atoms with van der Waals surface area (Å²) in [7, 11) is 1.84. The molecule has 1 aliphatic rings. The fourth-order valence-electron chi connectivity index (χ4n) is 4.66. The molecule has 4 aromatic rings. The largest absolute Gasteiger partial charge is 0.414 e. The second kappa shape index (κ2) is 10.5. The predicted octanol–water partition coefficient (Wildman–Crippen LogP) is 3.28. The number of aromatic nitrogens is 5. The van der Waals surface area contributed by atoms with Crippen LogP contribution in [0.2, 0.25) is 0 Å². The minimum Gasteiger partial charge on any atom is -0.358 e. The zero-order valence-corrected chi connectivity index (χ0v) is 21.4. The second-order valence-electron chi connectivity index (χ2n) is 9.35. The Bertz CT molecular complexity index is 1500. The number of alkyl halides is 3. The highest BCUT2D eigenvalue weighted by atomic mass is 19.4.